The zero-order valence-electron chi connectivity index (χ0n) is 16.3. The number of carbonyl (C=O) groups is 2. The first-order chi connectivity index (χ1) is 13.3. The van der Waals surface area contributed by atoms with Gasteiger partial charge in [-0.05, 0) is 62.8 Å². The van der Waals surface area contributed by atoms with Crippen molar-refractivity contribution in [3.63, 3.8) is 0 Å². The molecule has 3 aliphatic rings. The van der Waals surface area contributed by atoms with Gasteiger partial charge >= 0.3 is 0 Å². The van der Waals surface area contributed by atoms with Gasteiger partial charge in [-0.1, -0.05) is 12.8 Å². The van der Waals surface area contributed by atoms with Crippen LogP contribution in [0, 0.1) is 5.92 Å². The summed E-state index contributed by atoms with van der Waals surface area (Å²) in [6.45, 7) is 2.00. The van der Waals surface area contributed by atoms with Crippen molar-refractivity contribution in [2.45, 2.75) is 75.3 Å². The van der Waals surface area contributed by atoms with Crippen LogP contribution in [0.1, 0.15) is 57.4 Å². The number of anilines is 1. The Morgan fingerprint density at radius 3 is 2.54 bits per heavy atom. The number of sulfone groups is 1. The van der Waals surface area contributed by atoms with Crippen molar-refractivity contribution in [1.82, 2.24) is 5.32 Å². The molecule has 6 nitrogen and oxygen atoms in total. The normalized spacial score (nSPS) is 22.3. The molecule has 0 unspecified atom stereocenters. The van der Waals surface area contributed by atoms with Crippen LogP contribution in [0.25, 0.3) is 0 Å². The number of nitrogens with one attached hydrogen (secondary N) is 1. The van der Waals surface area contributed by atoms with Gasteiger partial charge in [-0.3, -0.25) is 9.59 Å². The molecule has 1 atom stereocenters. The highest BCUT2D eigenvalue weighted by atomic mass is 32.2. The van der Waals surface area contributed by atoms with E-state index in [1.165, 1.54) is 0 Å². The van der Waals surface area contributed by atoms with Crippen molar-refractivity contribution in [3.8, 4) is 0 Å². The van der Waals surface area contributed by atoms with E-state index >= 15 is 0 Å². The number of carbonyl (C=O) groups excluding carboxylic acids is 2. The van der Waals surface area contributed by atoms with Gasteiger partial charge in [0.1, 0.15) is 0 Å². The van der Waals surface area contributed by atoms with E-state index in [9.17, 15) is 18.0 Å². The van der Waals surface area contributed by atoms with Crippen LogP contribution in [0.3, 0.4) is 0 Å². The van der Waals surface area contributed by atoms with Crippen molar-refractivity contribution < 1.29 is 18.0 Å². The summed E-state index contributed by atoms with van der Waals surface area (Å²) in [5, 5.41) is 2.94. The summed E-state index contributed by atoms with van der Waals surface area (Å²) in [7, 11) is -3.53. The number of rotatable bonds is 6. The van der Waals surface area contributed by atoms with Gasteiger partial charge in [0.05, 0.1) is 10.6 Å². The van der Waals surface area contributed by atoms with E-state index in [1.807, 2.05) is 11.8 Å². The van der Waals surface area contributed by atoms with Crippen molar-refractivity contribution in [2.75, 3.05) is 10.7 Å². The van der Waals surface area contributed by atoms with E-state index in [2.05, 4.69) is 5.32 Å². The van der Waals surface area contributed by atoms with Crippen molar-refractivity contribution in [1.29, 1.82) is 0 Å². The lowest BCUT2D eigenvalue weighted by Crippen LogP contribution is -2.36. The number of nitrogens with zero attached hydrogens (tertiary/aromatic N) is 1. The molecule has 1 heterocycles. The van der Waals surface area contributed by atoms with Gasteiger partial charge in [0.15, 0.2) is 9.84 Å². The van der Waals surface area contributed by atoms with E-state index in [-0.39, 0.29) is 46.9 Å². The highest BCUT2D eigenvalue weighted by Gasteiger charge is 2.39. The van der Waals surface area contributed by atoms with E-state index in [4.69, 9.17) is 0 Å². The summed E-state index contributed by atoms with van der Waals surface area (Å²) in [5.41, 5.74) is 1.74. The molecule has 2 saturated carbocycles. The number of hydrogen-bond acceptors (Lipinski definition) is 4. The third-order valence-corrected chi connectivity index (χ3v) is 7.82. The third kappa shape index (κ3) is 3.95. The molecule has 28 heavy (non-hydrogen) atoms. The molecule has 7 heteroatoms. The highest BCUT2D eigenvalue weighted by Crippen LogP contribution is 2.39. The first-order valence-electron chi connectivity index (χ1n) is 10.3. The number of hydrogen-bond donors (Lipinski definition) is 1. The Bertz CT molecular complexity index is 886. The van der Waals surface area contributed by atoms with Crippen LogP contribution in [0.5, 0.6) is 0 Å². The van der Waals surface area contributed by atoms with Crippen LogP contribution in [0.4, 0.5) is 5.69 Å². The number of benzene rings is 1. The second-order valence-electron chi connectivity index (χ2n) is 8.44. The number of amides is 2. The van der Waals surface area contributed by atoms with Crippen LogP contribution in [0.15, 0.2) is 23.1 Å². The molecule has 4 rings (SSSR count). The van der Waals surface area contributed by atoms with Crippen LogP contribution < -0.4 is 10.2 Å². The molecule has 2 amide bonds. The summed E-state index contributed by atoms with van der Waals surface area (Å²) < 4.78 is 25.5. The molecule has 1 aromatic rings. The van der Waals surface area contributed by atoms with Gasteiger partial charge in [0, 0.05) is 30.1 Å². The minimum atomic E-state index is -3.53. The molecule has 2 fully saturated rings. The van der Waals surface area contributed by atoms with Gasteiger partial charge < -0.3 is 10.2 Å². The molecule has 0 bridgehead atoms. The SMILES string of the molecule is C[C@@H]1Cc2cc(S(=O)(=O)CCC(=O)NC3CCCC3)ccc2N1C(=O)C1CC1. The first-order valence-corrected chi connectivity index (χ1v) is 12.0. The lowest BCUT2D eigenvalue weighted by atomic mass is 10.1. The van der Waals surface area contributed by atoms with Crippen LogP contribution >= 0.6 is 0 Å². The summed E-state index contributed by atoms with van der Waals surface area (Å²) in [6.07, 6.45) is 6.76. The second-order valence-corrected chi connectivity index (χ2v) is 10.6. The van der Waals surface area contributed by atoms with Crippen LogP contribution in [0.2, 0.25) is 0 Å². The Hall–Kier alpha value is -1.89. The molecular weight excluding hydrogens is 376 g/mol. The first kappa shape index (κ1) is 19.4. The maximum Gasteiger partial charge on any atom is 0.230 e. The molecule has 152 valence electrons. The predicted molar refractivity (Wildman–Crippen MR) is 107 cm³/mol. The molecule has 0 saturated heterocycles. The fraction of sp³-hybridized carbons (Fsp3) is 0.619. The molecule has 2 aliphatic carbocycles. The minimum Gasteiger partial charge on any atom is -0.353 e. The van der Waals surface area contributed by atoms with Crippen LogP contribution in [-0.2, 0) is 25.8 Å². The molecular formula is C21H28N2O4S. The summed E-state index contributed by atoms with van der Waals surface area (Å²) in [4.78, 5) is 26.7. The van der Waals surface area contributed by atoms with Gasteiger partial charge in [-0.15, -0.1) is 0 Å². The minimum absolute atomic E-state index is 0.0153. The Labute approximate surface area is 166 Å². The van der Waals surface area contributed by atoms with Gasteiger partial charge in [0.25, 0.3) is 0 Å². The molecule has 1 aliphatic heterocycles. The van der Waals surface area contributed by atoms with E-state index in [1.54, 1.807) is 18.2 Å². The summed E-state index contributed by atoms with van der Waals surface area (Å²) >= 11 is 0. The van der Waals surface area contributed by atoms with E-state index < -0.39 is 9.84 Å². The van der Waals surface area contributed by atoms with Gasteiger partial charge in [-0.25, -0.2) is 8.42 Å². The highest BCUT2D eigenvalue weighted by molar-refractivity contribution is 7.91. The smallest absolute Gasteiger partial charge is 0.230 e. The average Bonchev–Trinajstić information content (AvgIpc) is 3.29. The van der Waals surface area contributed by atoms with Gasteiger partial charge in [-0.2, -0.15) is 0 Å². The Morgan fingerprint density at radius 1 is 1.14 bits per heavy atom. The molecule has 0 spiro atoms. The number of fused-ring (bicyclic) bond motifs is 1. The van der Waals surface area contributed by atoms with Crippen LogP contribution in [-0.4, -0.2) is 38.1 Å². The third-order valence-electron chi connectivity index (χ3n) is 6.11. The maximum atomic E-state index is 12.7. The summed E-state index contributed by atoms with van der Waals surface area (Å²) in [5.74, 6) is -0.0861. The van der Waals surface area contributed by atoms with E-state index in [0.29, 0.717) is 6.42 Å². The zero-order valence-corrected chi connectivity index (χ0v) is 17.1. The monoisotopic (exact) mass is 404 g/mol. The topological polar surface area (TPSA) is 83.6 Å². The fourth-order valence-corrected chi connectivity index (χ4v) is 5.67. The van der Waals surface area contributed by atoms with E-state index in [0.717, 1.165) is 49.8 Å². The quantitative estimate of drug-likeness (QED) is 0.790. The largest absolute Gasteiger partial charge is 0.353 e. The second kappa shape index (κ2) is 7.50. The lowest BCUT2D eigenvalue weighted by molar-refractivity contribution is -0.121. The average molecular weight is 405 g/mol. The standard InChI is InChI=1S/C21H28N2O4S/c1-14-12-16-13-18(8-9-19(16)23(14)21(25)15-6-7-15)28(26,27)11-10-20(24)22-17-4-2-3-5-17/h8-9,13-15,17H,2-7,10-12H2,1H3,(H,22,24)/t14-/m1/s1. The van der Waals surface area contributed by atoms with Crippen molar-refractivity contribution in [2.24, 2.45) is 5.92 Å². The molecule has 0 radical (unpaired) electrons. The van der Waals surface area contributed by atoms with Gasteiger partial charge in [0.2, 0.25) is 11.8 Å². The molecule has 0 aromatic heterocycles. The Morgan fingerprint density at radius 2 is 1.86 bits per heavy atom. The zero-order chi connectivity index (χ0) is 19.9. The van der Waals surface area contributed by atoms with Crippen molar-refractivity contribution >= 4 is 27.3 Å². The molecule has 1 aromatic carbocycles. The molecule has 1 N–H and O–H groups in total. The maximum absolute atomic E-state index is 12.7. The fourth-order valence-electron chi connectivity index (χ4n) is 4.38. The summed E-state index contributed by atoms with van der Waals surface area (Å²) in [6, 6.07) is 5.28. The van der Waals surface area contributed by atoms with Crippen molar-refractivity contribution in [3.05, 3.63) is 23.8 Å². The predicted octanol–water partition coefficient (Wildman–Crippen LogP) is 2.60. The lowest BCUT2D eigenvalue weighted by Gasteiger charge is -2.22. The Balaban J connectivity index is 1.43. The Kier molecular flexibility index (Phi) is 5.21.